The molecule has 0 amide bonds. The lowest BCUT2D eigenvalue weighted by molar-refractivity contribution is 1.07. The molecule has 0 spiro atoms. The van der Waals surface area contributed by atoms with Crippen molar-refractivity contribution in [1.82, 2.24) is 14.4 Å². The summed E-state index contributed by atoms with van der Waals surface area (Å²) in [5.74, 6) is 0. The van der Waals surface area contributed by atoms with E-state index in [1.165, 1.54) is 17.4 Å². The van der Waals surface area contributed by atoms with Gasteiger partial charge in [0, 0.05) is 28.7 Å². The van der Waals surface area contributed by atoms with Crippen LogP contribution < -0.4 is 5.56 Å². The first-order valence-corrected chi connectivity index (χ1v) is 6.99. The summed E-state index contributed by atoms with van der Waals surface area (Å²) < 4.78 is 1.54. The number of nitrogens with zero attached hydrogens (tertiary/aromatic N) is 3. The van der Waals surface area contributed by atoms with Crippen molar-refractivity contribution in [3.05, 3.63) is 49.8 Å². The maximum atomic E-state index is 11.8. The standard InChI is InChI=1S/C12H9N3OS2/c1-8-13-7-10(18-8)3-2-9-6-11(16)15-4-5-17-12(15)14-9/h2-7H,1H3. The van der Waals surface area contributed by atoms with E-state index in [2.05, 4.69) is 9.97 Å². The van der Waals surface area contributed by atoms with Gasteiger partial charge >= 0.3 is 0 Å². The van der Waals surface area contributed by atoms with E-state index in [0.29, 0.717) is 10.7 Å². The number of fused-ring (bicyclic) bond motifs is 1. The summed E-state index contributed by atoms with van der Waals surface area (Å²) >= 11 is 3.06. The molecule has 0 fully saturated rings. The number of thiazole rings is 2. The van der Waals surface area contributed by atoms with Crippen molar-refractivity contribution in [3.8, 4) is 0 Å². The molecule has 3 aromatic rings. The molecule has 6 heteroatoms. The van der Waals surface area contributed by atoms with Gasteiger partial charge in [-0.25, -0.2) is 9.97 Å². The average Bonchev–Trinajstić information content (AvgIpc) is 2.95. The third kappa shape index (κ3) is 2.12. The van der Waals surface area contributed by atoms with Crippen molar-refractivity contribution >= 4 is 39.8 Å². The van der Waals surface area contributed by atoms with Crippen molar-refractivity contribution in [2.45, 2.75) is 6.92 Å². The second kappa shape index (κ2) is 4.47. The van der Waals surface area contributed by atoms with Crippen LogP contribution in [0.1, 0.15) is 15.6 Å². The minimum atomic E-state index is -0.0543. The van der Waals surface area contributed by atoms with Crippen molar-refractivity contribution < 1.29 is 0 Å². The van der Waals surface area contributed by atoms with Gasteiger partial charge in [0.05, 0.1) is 10.7 Å². The Kier molecular flexibility index (Phi) is 2.81. The molecule has 4 nitrogen and oxygen atoms in total. The van der Waals surface area contributed by atoms with Crippen molar-refractivity contribution in [2.24, 2.45) is 0 Å². The SMILES string of the molecule is Cc1ncc(C=Cc2cc(=O)n3ccsc3n2)s1. The minimum absolute atomic E-state index is 0.0543. The largest absolute Gasteiger partial charge is 0.269 e. The van der Waals surface area contributed by atoms with Gasteiger partial charge in [0.2, 0.25) is 0 Å². The van der Waals surface area contributed by atoms with E-state index < -0.39 is 0 Å². The molecule has 3 aromatic heterocycles. The number of hydrogen-bond donors (Lipinski definition) is 0. The van der Waals surface area contributed by atoms with Crippen LogP contribution >= 0.6 is 22.7 Å². The van der Waals surface area contributed by atoms with E-state index in [1.54, 1.807) is 21.9 Å². The molecule has 0 bridgehead atoms. The first-order valence-electron chi connectivity index (χ1n) is 5.30. The first kappa shape index (κ1) is 11.3. The highest BCUT2D eigenvalue weighted by atomic mass is 32.1. The van der Waals surface area contributed by atoms with Gasteiger partial charge in [0.25, 0.3) is 5.56 Å². The van der Waals surface area contributed by atoms with E-state index in [9.17, 15) is 4.79 Å². The first-order chi connectivity index (χ1) is 8.72. The molecular formula is C12H9N3OS2. The molecule has 0 saturated heterocycles. The van der Waals surface area contributed by atoms with Gasteiger partial charge in [0.1, 0.15) is 0 Å². The maximum Gasteiger partial charge on any atom is 0.259 e. The molecule has 0 saturated carbocycles. The molecule has 0 aliphatic heterocycles. The predicted octanol–water partition coefficient (Wildman–Crippen LogP) is 2.69. The summed E-state index contributed by atoms with van der Waals surface area (Å²) in [5.41, 5.74) is 0.620. The molecule has 18 heavy (non-hydrogen) atoms. The topological polar surface area (TPSA) is 47.3 Å². The molecule has 0 atom stereocenters. The van der Waals surface area contributed by atoms with Crippen molar-refractivity contribution in [3.63, 3.8) is 0 Å². The fourth-order valence-corrected chi connectivity index (χ4v) is 2.98. The zero-order valence-corrected chi connectivity index (χ0v) is 11.2. The molecule has 90 valence electrons. The van der Waals surface area contributed by atoms with Crippen LogP contribution in [0.5, 0.6) is 0 Å². The van der Waals surface area contributed by atoms with Gasteiger partial charge in [-0.05, 0) is 19.1 Å². The van der Waals surface area contributed by atoms with Crippen molar-refractivity contribution in [2.75, 3.05) is 0 Å². The van der Waals surface area contributed by atoms with Gasteiger partial charge in [-0.1, -0.05) is 0 Å². The van der Waals surface area contributed by atoms with Crippen LogP contribution in [0.4, 0.5) is 0 Å². The monoisotopic (exact) mass is 275 g/mol. The Morgan fingerprint density at radius 2 is 2.28 bits per heavy atom. The summed E-state index contributed by atoms with van der Waals surface area (Å²) in [4.78, 5) is 22.1. The Morgan fingerprint density at radius 3 is 3.06 bits per heavy atom. The summed E-state index contributed by atoms with van der Waals surface area (Å²) in [6.45, 7) is 1.96. The van der Waals surface area contributed by atoms with Gasteiger partial charge in [-0.2, -0.15) is 0 Å². The summed E-state index contributed by atoms with van der Waals surface area (Å²) in [5, 5.41) is 2.88. The molecule has 0 radical (unpaired) electrons. The van der Waals surface area contributed by atoms with Gasteiger partial charge in [-0.15, -0.1) is 22.7 Å². The van der Waals surface area contributed by atoms with Crippen LogP contribution in [0.3, 0.4) is 0 Å². The lowest BCUT2D eigenvalue weighted by Crippen LogP contribution is -2.11. The maximum absolute atomic E-state index is 11.8. The molecular weight excluding hydrogens is 266 g/mol. The smallest absolute Gasteiger partial charge is 0.259 e. The Hall–Kier alpha value is -1.79. The molecule has 0 aliphatic rings. The third-order valence-corrected chi connectivity index (χ3v) is 4.02. The molecule has 0 aliphatic carbocycles. The van der Waals surface area contributed by atoms with E-state index in [0.717, 1.165) is 9.88 Å². The highest BCUT2D eigenvalue weighted by molar-refractivity contribution is 7.15. The molecule has 0 aromatic carbocycles. The average molecular weight is 275 g/mol. The van der Waals surface area contributed by atoms with E-state index in [4.69, 9.17) is 0 Å². The van der Waals surface area contributed by atoms with E-state index in [-0.39, 0.29) is 5.56 Å². The molecule has 0 unspecified atom stereocenters. The normalized spacial score (nSPS) is 11.6. The van der Waals surface area contributed by atoms with Crippen LogP contribution in [0.15, 0.2) is 28.6 Å². The van der Waals surface area contributed by atoms with Crippen LogP contribution in [0.25, 0.3) is 17.1 Å². The lowest BCUT2D eigenvalue weighted by Gasteiger charge is -1.93. The fourth-order valence-electron chi connectivity index (χ4n) is 1.57. The number of hydrogen-bond acceptors (Lipinski definition) is 5. The van der Waals surface area contributed by atoms with Gasteiger partial charge in [0.15, 0.2) is 4.96 Å². The van der Waals surface area contributed by atoms with Crippen LogP contribution in [0.2, 0.25) is 0 Å². The number of aromatic nitrogens is 3. The number of aryl methyl sites for hydroxylation is 1. The molecule has 3 heterocycles. The Balaban J connectivity index is 1.99. The minimum Gasteiger partial charge on any atom is -0.269 e. The van der Waals surface area contributed by atoms with Crippen LogP contribution in [-0.4, -0.2) is 14.4 Å². The second-order valence-corrected chi connectivity index (χ2v) is 5.83. The Bertz CT molecular complexity index is 782. The molecule has 3 rings (SSSR count). The zero-order chi connectivity index (χ0) is 12.5. The van der Waals surface area contributed by atoms with Gasteiger partial charge < -0.3 is 0 Å². The Morgan fingerprint density at radius 1 is 1.39 bits per heavy atom. The van der Waals surface area contributed by atoms with Gasteiger partial charge in [-0.3, -0.25) is 9.20 Å². The van der Waals surface area contributed by atoms with Crippen LogP contribution in [0, 0.1) is 6.92 Å². The summed E-state index contributed by atoms with van der Waals surface area (Å²) in [6.07, 6.45) is 7.31. The highest BCUT2D eigenvalue weighted by Crippen LogP contribution is 2.15. The zero-order valence-electron chi connectivity index (χ0n) is 9.53. The van der Waals surface area contributed by atoms with E-state index >= 15 is 0 Å². The quantitative estimate of drug-likeness (QED) is 0.722. The fraction of sp³-hybridized carbons (Fsp3) is 0.0833. The lowest BCUT2D eigenvalue weighted by atomic mass is 10.3. The third-order valence-electron chi connectivity index (χ3n) is 2.38. The predicted molar refractivity (Wildman–Crippen MR) is 75.1 cm³/mol. The molecule has 0 N–H and O–H groups in total. The second-order valence-electron chi connectivity index (χ2n) is 3.69. The van der Waals surface area contributed by atoms with Crippen LogP contribution in [-0.2, 0) is 0 Å². The highest BCUT2D eigenvalue weighted by Gasteiger charge is 2.01. The van der Waals surface area contributed by atoms with Crippen molar-refractivity contribution in [1.29, 1.82) is 0 Å². The number of rotatable bonds is 2. The summed E-state index contributed by atoms with van der Waals surface area (Å²) in [7, 11) is 0. The summed E-state index contributed by atoms with van der Waals surface area (Å²) in [6, 6.07) is 1.53. The Labute approximate surface area is 111 Å². The van der Waals surface area contributed by atoms with E-state index in [1.807, 2.05) is 30.7 Å².